The third-order valence-electron chi connectivity index (χ3n) is 3.76. The van der Waals surface area contributed by atoms with E-state index in [0.717, 1.165) is 14.2 Å². The van der Waals surface area contributed by atoms with Gasteiger partial charge in [-0.05, 0) is 17.7 Å². The zero-order valence-electron chi connectivity index (χ0n) is 16.4. The average Bonchev–Trinajstić information content (AvgIpc) is 3.01. The van der Waals surface area contributed by atoms with Gasteiger partial charge in [0.25, 0.3) is 5.76 Å². The molecule has 0 fully saturated rings. The number of halogens is 3. The molecule has 0 unspecified atom stereocenters. The largest absolute Gasteiger partial charge is 0.534 e. The normalized spacial score (nSPS) is 15.9. The molecular formula is C17H15F3O10S. The third-order valence-corrected chi connectivity index (χ3v) is 4.72. The van der Waals surface area contributed by atoms with Crippen molar-refractivity contribution in [3.05, 3.63) is 41.0 Å². The molecule has 31 heavy (non-hydrogen) atoms. The van der Waals surface area contributed by atoms with Gasteiger partial charge in [0.15, 0.2) is 17.3 Å². The molecule has 14 heteroatoms. The van der Waals surface area contributed by atoms with E-state index >= 15 is 0 Å². The molecule has 0 atom stereocenters. The van der Waals surface area contributed by atoms with E-state index in [4.69, 9.17) is 18.9 Å². The van der Waals surface area contributed by atoms with E-state index in [9.17, 15) is 31.2 Å². The number of methoxy groups -OCH3 is 4. The average molecular weight is 468 g/mol. The van der Waals surface area contributed by atoms with Crippen LogP contribution >= 0.6 is 0 Å². The second-order valence-corrected chi connectivity index (χ2v) is 7.04. The number of esters is 2. The van der Waals surface area contributed by atoms with Gasteiger partial charge < -0.3 is 27.9 Å². The fourth-order valence-electron chi connectivity index (χ4n) is 2.40. The summed E-state index contributed by atoms with van der Waals surface area (Å²) in [4.78, 5) is 24.5. The highest BCUT2D eigenvalue weighted by atomic mass is 32.2. The number of rotatable bonds is 7. The van der Waals surface area contributed by atoms with Crippen LogP contribution in [0.4, 0.5) is 13.2 Å². The summed E-state index contributed by atoms with van der Waals surface area (Å²) in [5.74, 6) is -5.33. The van der Waals surface area contributed by atoms with Crippen molar-refractivity contribution in [3.8, 4) is 11.5 Å². The Hall–Kier alpha value is -3.42. The predicted molar refractivity (Wildman–Crippen MR) is 94.7 cm³/mol. The minimum Gasteiger partial charge on any atom is -0.493 e. The van der Waals surface area contributed by atoms with Crippen LogP contribution in [-0.4, -0.2) is 54.3 Å². The molecule has 0 N–H and O–H groups in total. The highest BCUT2D eigenvalue weighted by Gasteiger charge is 2.52. The van der Waals surface area contributed by atoms with Gasteiger partial charge in [0.2, 0.25) is 5.76 Å². The molecule has 170 valence electrons. The predicted octanol–water partition coefficient (Wildman–Crippen LogP) is 1.87. The van der Waals surface area contributed by atoms with Crippen LogP contribution in [0.25, 0.3) is 5.57 Å². The molecule has 10 nitrogen and oxygen atoms in total. The quantitative estimate of drug-likeness (QED) is 0.254. The topological polar surface area (TPSA) is 124 Å². The first-order valence-electron chi connectivity index (χ1n) is 7.98. The zero-order chi connectivity index (χ0) is 23.6. The summed E-state index contributed by atoms with van der Waals surface area (Å²) < 4.78 is 89.0. The van der Waals surface area contributed by atoms with Gasteiger partial charge in [0.1, 0.15) is 5.57 Å². The van der Waals surface area contributed by atoms with Crippen molar-refractivity contribution in [2.24, 2.45) is 0 Å². The Balaban J connectivity index is 2.76. The van der Waals surface area contributed by atoms with E-state index in [-0.39, 0.29) is 17.1 Å². The van der Waals surface area contributed by atoms with E-state index in [1.54, 1.807) is 0 Å². The Bertz CT molecular complexity index is 1070. The monoisotopic (exact) mass is 468 g/mol. The fourth-order valence-corrected chi connectivity index (χ4v) is 2.85. The van der Waals surface area contributed by atoms with Crippen molar-refractivity contribution in [2.75, 3.05) is 28.4 Å². The zero-order valence-corrected chi connectivity index (χ0v) is 17.2. The maximum atomic E-state index is 12.7. The molecule has 1 aromatic carbocycles. The lowest BCUT2D eigenvalue weighted by Gasteiger charge is -2.13. The molecule has 0 bridgehead atoms. The first kappa shape index (κ1) is 23.9. The molecule has 0 amide bonds. The summed E-state index contributed by atoms with van der Waals surface area (Å²) in [7, 11) is -1.69. The van der Waals surface area contributed by atoms with Crippen LogP contribution in [0, 0.1) is 0 Å². The van der Waals surface area contributed by atoms with Gasteiger partial charge in [-0.15, -0.1) is 0 Å². The Labute approximate surface area is 173 Å². The summed E-state index contributed by atoms with van der Waals surface area (Å²) in [5.41, 5.74) is -6.31. The lowest BCUT2D eigenvalue weighted by Crippen LogP contribution is -2.26. The number of cyclic esters (lactones) is 1. The van der Waals surface area contributed by atoms with E-state index in [0.29, 0.717) is 0 Å². The number of ether oxygens (including phenoxy) is 5. The molecule has 0 aromatic heterocycles. The summed E-state index contributed by atoms with van der Waals surface area (Å²) in [6, 6.07) is 3.99. The SMILES string of the molecule is COC(=O)/C(=C1/OC(=O)C(OS(=O)(=O)C(F)(F)F)=C1OC)c1ccc(OC)c(OC)c1. The second kappa shape index (κ2) is 8.75. The highest BCUT2D eigenvalue weighted by Crippen LogP contribution is 2.39. The van der Waals surface area contributed by atoms with Crippen LogP contribution in [0.2, 0.25) is 0 Å². The van der Waals surface area contributed by atoms with E-state index in [1.165, 1.54) is 32.4 Å². The van der Waals surface area contributed by atoms with Crippen molar-refractivity contribution in [2.45, 2.75) is 5.51 Å². The Morgan fingerprint density at radius 1 is 0.968 bits per heavy atom. The van der Waals surface area contributed by atoms with Crippen molar-refractivity contribution in [1.82, 2.24) is 0 Å². The van der Waals surface area contributed by atoms with E-state index in [2.05, 4.69) is 8.92 Å². The fraction of sp³-hybridized carbons (Fsp3) is 0.294. The minimum absolute atomic E-state index is 0.0155. The molecule has 0 spiro atoms. The molecular weight excluding hydrogens is 453 g/mol. The molecule has 0 radical (unpaired) electrons. The third kappa shape index (κ3) is 4.52. The summed E-state index contributed by atoms with van der Waals surface area (Å²) >= 11 is 0. The summed E-state index contributed by atoms with van der Waals surface area (Å²) in [6.45, 7) is 0. The minimum atomic E-state index is -6.23. The first-order chi connectivity index (χ1) is 14.4. The van der Waals surface area contributed by atoms with Crippen LogP contribution in [0.5, 0.6) is 11.5 Å². The van der Waals surface area contributed by atoms with Gasteiger partial charge in [-0.2, -0.15) is 21.6 Å². The molecule has 0 aliphatic carbocycles. The lowest BCUT2D eigenvalue weighted by molar-refractivity contribution is -0.135. The van der Waals surface area contributed by atoms with Crippen molar-refractivity contribution in [3.63, 3.8) is 0 Å². The van der Waals surface area contributed by atoms with Crippen molar-refractivity contribution < 1.29 is 59.0 Å². The number of benzene rings is 1. The Morgan fingerprint density at radius 3 is 2.06 bits per heavy atom. The Kier molecular flexibility index (Phi) is 6.73. The van der Waals surface area contributed by atoms with Crippen LogP contribution < -0.4 is 9.47 Å². The first-order valence-corrected chi connectivity index (χ1v) is 9.39. The summed E-state index contributed by atoms with van der Waals surface area (Å²) in [6.07, 6.45) is 0. The van der Waals surface area contributed by atoms with Gasteiger partial charge in [-0.25, -0.2) is 9.59 Å². The van der Waals surface area contributed by atoms with Crippen molar-refractivity contribution >= 4 is 27.6 Å². The van der Waals surface area contributed by atoms with Crippen molar-refractivity contribution in [1.29, 1.82) is 0 Å². The maximum Gasteiger partial charge on any atom is 0.534 e. The van der Waals surface area contributed by atoms with Gasteiger partial charge in [0.05, 0.1) is 28.4 Å². The molecule has 0 saturated carbocycles. The highest BCUT2D eigenvalue weighted by molar-refractivity contribution is 7.87. The van der Waals surface area contributed by atoms with Crippen LogP contribution in [0.1, 0.15) is 5.56 Å². The van der Waals surface area contributed by atoms with E-state index < -0.39 is 50.4 Å². The summed E-state index contributed by atoms with van der Waals surface area (Å²) in [5, 5.41) is 0. The number of hydrogen-bond donors (Lipinski definition) is 0. The molecule has 0 saturated heterocycles. The second-order valence-electron chi connectivity index (χ2n) is 5.50. The van der Waals surface area contributed by atoms with Gasteiger partial charge in [0, 0.05) is 0 Å². The number of hydrogen-bond acceptors (Lipinski definition) is 10. The van der Waals surface area contributed by atoms with Gasteiger partial charge >= 0.3 is 27.6 Å². The van der Waals surface area contributed by atoms with E-state index in [1.807, 2.05) is 0 Å². The number of carbonyl (C=O) groups is 2. The van der Waals surface area contributed by atoms with Gasteiger partial charge in [-0.3, -0.25) is 0 Å². The van der Waals surface area contributed by atoms with Crippen LogP contribution in [0.15, 0.2) is 35.5 Å². The lowest BCUT2D eigenvalue weighted by atomic mass is 10.0. The maximum absolute atomic E-state index is 12.7. The number of alkyl halides is 3. The molecule has 1 aliphatic heterocycles. The molecule has 1 aliphatic rings. The van der Waals surface area contributed by atoms with Crippen LogP contribution in [0.3, 0.4) is 0 Å². The number of carbonyl (C=O) groups excluding carboxylic acids is 2. The molecule has 1 aromatic rings. The van der Waals surface area contributed by atoms with Crippen LogP contribution in [-0.2, 0) is 38.1 Å². The Morgan fingerprint density at radius 2 is 1.58 bits per heavy atom. The smallest absolute Gasteiger partial charge is 0.493 e. The standard InChI is InChI=1S/C17H15F3O10S/c1-25-9-6-5-8(7-10(9)26-2)11(15(21)28-4)12-13(27-3)14(16(22)29-12)30-31(23,24)17(18,19)20/h5-7H,1-4H3/b12-11+. The van der Waals surface area contributed by atoms with Gasteiger partial charge in [-0.1, -0.05) is 6.07 Å². The molecule has 2 rings (SSSR count). The molecule has 1 heterocycles.